The molecule has 0 bridgehead atoms. The fraction of sp³-hybridized carbons (Fsp3) is 0. The van der Waals surface area contributed by atoms with Gasteiger partial charge in [0.25, 0.3) is 11.2 Å². The molecule has 104 valence electrons. The van der Waals surface area contributed by atoms with Gasteiger partial charge in [-0.2, -0.15) is 9.78 Å². The van der Waals surface area contributed by atoms with E-state index in [9.17, 15) is 19.3 Å². The molecule has 0 saturated carbocycles. The Bertz CT molecular complexity index is 921. The summed E-state index contributed by atoms with van der Waals surface area (Å²) in [6, 6.07) is 9.35. The molecule has 1 heterocycles. The highest BCUT2D eigenvalue weighted by Gasteiger charge is 2.11. The van der Waals surface area contributed by atoms with E-state index in [1.807, 2.05) is 0 Å². The highest BCUT2D eigenvalue weighted by molar-refractivity contribution is 5.83. The molecule has 0 fully saturated rings. The largest absolute Gasteiger partial charge is 0.279 e. The van der Waals surface area contributed by atoms with Crippen molar-refractivity contribution in [3.05, 3.63) is 74.9 Å². The van der Waals surface area contributed by atoms with Crippen LogP contribution in [-0.2, 0) is 0 Å². The van der Waals surface area contributed by atoms with E-state index in [0.29, 0.717) is 5.39 Å². The summed E-state index contributed by atoms with van der Waals surface area (Å²) in [6.45, 7) is 0. The Labute approximate surface area is 117 Å². The van der Waals surface area contributed by atoms with Crippen LogP contribution in [0.25, 0.3) is 16.5 Å². The van der Waals surface area contributed by atoms with Crippen molar-refractivity contribution in [1.82, 2.24) is 9.78 Å². The summed E-state index contributed by atoms with van der Waals surface area (Å²) >= 11 is 0. The Morgan fingerprint density at radius 3 is 2.71 bits per heavy atom. The van der Waals surface area contributed by atoms with Crippen LogP contribution in [0.4, 0.5) is 10.1 Å². The predicted octanol–water partition coefficient (Wildman–Crippen LogP) is 2.43. The number of nitro benzene ring substituents is 1. The third kappa shape index (κ3) is 2.25. The zero-order valence-electron chi connectivity index (χ0n) is 10.6. The number of benzene rings is 2. The first-order valence-electron chi connectivity index (χ1n) is 5.99. The van der Waals surface area contributed by atoms with Gasteiger partial charge in [-0.25, -0.2) is 4.39 Å². The minimum atomic E-state index is -0.578. The van der Waals surface area contributed by atoms with Crippen molar-refractivity contribution in [2.45, 2.75) is 0 Å². The number of fused-ring (bicyclic) bond motifs is 1. The number of nitrogens with zero attached hydrogens (tertiary/aromatic N) is 3. The van der Waals surface area contributed by atoms with Crippen molar-refractivity contribution >= 4 is 16.5 Å². The molecular weight excluding hydrogens is 277 g/mol. The van der Waals surface area contributed by atoms with E-state index in [1.165, 1.54) is 42.6 Å². The Balaban J connectivity index is 2.28. The van der Waals surface area contributed by atoms with E-state index in [-0.39, 0.29) is 16.8 Å². The van der Waals surface area contributed by atoms with Gasteiger partial charge in [0.05, 0.1) is 22.2 Å². The molecule has 0 aliphatic heterocycles. The number of non-ortho nitro benzene ring substituents is 1. The second-order valence-corrected chi connectivity index (χ2v) is 4.37. The molecule has 0 aliphatic rings. The molecule has 3 aromatic rings. The maximum atomic E-state index is 13.2. The molecule has 0 spiro atoms. The van der Waals surface area contributed by atoms with Gasteiger partial charge in [-0.1, -0.05) is 6.07 Å². The molecule has 2 aromatic carbocycles. The lowest BCUT2D eigenvalue weighted by Gasteiger charge is -2.05. The van der Waals surface area contributed by atoms with Crippen LogP contribution in [0.15, 0.2) is 53.5 Å². The average Bonchev–Trinajstić information content (AvgIpc) is 2.47. The summed E-state index contributed by atoms with van der Waals surface area (Å²) in [4.78, 5) is 22.6. The Kier molecular flexibility index (Phi) is 2.94. The molecule has 0 amide bonds. The van der Waals surface area contributed by atoms with Crippen LogP contribution in [0.1, 0.15) is 0 Å². The molecule has 0 atom stereocenters. The van der Waals surface area contributed by atoms with Gasteiger partial charge in [-0.05, 0) is 24.3 Å². The highest BCUT2D eigenvalue weighted by atomic mass is 19.1. The molecule has 21 heavy (non-hydrogen) atoms. The summed E-state index contributed by atoms with van der Waals surface area (Å²) in [6.07, 6.45) is 1.41. The number of aromatic nitrogens is 2. The first-order chi connectivity index (χ1) is 10.1. The van der Waals surface area contributed by atoms with Crippen molar-refractivity contribution in [3.8, 4) is 5.69 Å². The van der Waals surface area contributed by atoms with E-state index in [1.54, 1.807) is 0 Å². The first-order valence-corrected chi connectivity index (χ1v) is 5.99. The van der Waals surface area contributed by atoms with Crippen molar-refractivity contribution in [2.75, 3.05) is 0 Å². The monoisotopic (exact) mass is 285 g/mol. The third-order valence-corrected chi connectivity index (χ3v) is 3.04. The van der Waals surface area contributed by atoms with Crippen LogP contribution in [0, 0.1) is 15.9 Å². The standard InChI is InChI=1S/C14H8FN3O3/c15-10-2-1-3-11(6-10)17-14(19)13-7-12(18(20)21)5-4-9(13)8-16-17/h1-8H. The number of hydrogen-bond acceptors (Lipinski definition) is 4. The van der Waals surface area contributed by atoms with Gasteiger partial charge in [0.15, 0.2) is 0 Å². The van der Waals surface area contributed by atoms with Crippen LogP contribution in [0.2, 0.25) is 0 Å². The quantitative estimate of drug-likeness (QED) is 0.535. The maximum Gasteiger partial charge on any atom is 0.279 e. The molecular formula is C14H8FN3O3. The van der Waals surface area contributed by atoms with Crippen LogP contribution >= 0.6 is 0 Å². The van der Waals surface area contributed by atoms with Gasteiger partial charge in [0.1, 0.15) is 5.82 Å². The molecule has 7 heteroatoms. The van der Waals surface area contributed by atoms with E-state index in [0.717, 1.165) is 10.7 Å². The van der Waals surface area contributed by atoms with E-state index >= 15 is 0 Å². The van der Waals surface area contributed by atoms with Gasteiger partial charge in [0, 0.05) is 17.5 Å². The average molecular weight is 285 g/mol. The molecule has 0 unspecified atom stereocenters. The molecule has 0 saturated heterocycles. The molecule has 0 aliphatic carbocycles. The summed E-state index contributed by atoms with van der Waals surface area (Å²) in [5, 5.41) is 15.4. The Hall–Kier alpha value is -3.09. The lowest BCUT2D eigenvalue weighted by atomic mass is 10.2. The fourth-order valence-corrected chi connectivity index (χ4v) is 2.03. The van der Waals surface area contributed by atoms with E-state index in [2.05, 4.69) is 5.10 Å². The normalized spacial score (nSPS) is 10.7. The molecule has 3 rings (SSSR count). The summed E-state index contributed by atoms with van der Waals surface area (Å²) in [5.74, 6) is -0.500. The van der Waals surface area contributed by atoms with Crippen molar-refractivity contribution < 1.29 is 9.31 Å². The van der Waals surface area contributed by atoms with Gasteiger partial charge in [0.2, 0.25) is 0 Å². The van der Waals surface area contributed by atoms with E-state index < -0.39 is 16.3 Å². The molecule has 6 nitrogen and oxygen atoms in total. The van der Waals surface area contributed by atoms with Gasteiger partial charge < -0.3 is 0 Å². The Morgan fingerprint density at radius 1 is 1.19 bits per heavy atom. The minimum Gasteiger partial charge on any atom is -0.267 e. The Morgan fingerprint density at radius 2 is 2.00 bits per heavy atom. The lowest BCUT2D eigenvalue weighted by Crippen LogP contribution is -2.21. The van der Waals surface area contributed by atoms with Crippen molar-refractivity contribution in [2.24, 2.45) is 0 Å². The summed E-state index contributed by atoms with van der Waals surface area (Å²) in [5.41, 5.74) is -0.466. The SMILES string of the molecule is O=c1c2cc([N+](=O)[O-])ccc2cnn1-c1cccc(F)c1. The smallest absolute Gasteiger partial charge is 0.267 e. The fourth-order valence-electron chi connectivity index (χ4n) is 2.03. The summed E-state index contributed by atoms with van der Waals surface area (Å²) in [7, 11) is 0. The van der Waals surface area contributed by atoms with Gasteiger partial charge in [-0.15, -0.1) is 0 Å². The van der Waals surface area contributed by atoms with Crippen molar-refractivity contribution in [3.63, 3.8) is 0 Å². The second kappa shape index (κ2) is 4.78. The molecule has 0 radical (unpaired) electrons. The van der Waals surface area contributed by atoms with Crippen LogP contribution in [0.3, 0.4) is 0 Å². The second-order valence-electron chi connectivity index (χ2n) is 4.37. The zero-order chi connectivity index (χ0) is 15.0. The van der Waals surface area contributed by atoms with Crippen LogP contribution in [-0.4, -0.2) is 14.7 Å². The first kappa shape index (κ1) is 12.9. The minimum absolute atomic E-state index is 0.156. The number of halogens is 1. The predicted molar refractivity (Wildman–Crippen MR) is 74.0 cm³/mol. The highest BCUT2D eigenvalue weighted by Crippen LogP contribution is 2.18. The van der Waals surface area contributed by atoms with E-state index in [4.69, 9.17) is 0 Å². The number of nitro groups is 1. The number of hydrogen-bond donors (Lipinski definition) is 0. The lowest BCUT2D eigenvalue weighted by molar-refractivity contribution is -0.384. The topological polar surface area (TPSA) is 78.0 Å². The van der Waals surface area contributed by atoms with Gasteiger partial charge >= 0.3 is 0 Å². The van der Waals surface area contributed by atoms with Crippen LogP contribution < -0.4 is 5.56 Å². The molecule has 0 N–H and O–H groups in total. The van der Waals surface area contributed by atoms with Crippen LogP contribution in [0.5, 0.6) is 0 Å². The maximum absolute atomic E-state index is 13.2. The van der Waals surface area contributed by atoms with Gasteiger partial charge in [-0.3, -0.25) is 14.9 Å². The number of rotatable bonds is 2. The van der Waals surface area contributed by atoms with Crippen molar-refractivity contribution in [1.29, 1.82) is 0 Å². The molecule has 1 aromatic heterocycles. The third-order valence-electron chi connectivity index (χ3n) is 3.04. The zero-order valence-corrected chi connectivity index (χ0v) is 10.6. The summed E-state index contributed by atoms with van der Waals surface area (Å²) < 4.78 is 14.2.